The first-order valence-electron chi connectivity index (χ1n) is 4.06. The average Bonchev–Trinajstić information content (AvgIpc) is 2.13. The molecule has 1 aromatic carbocycles. The summed E-state index contributed by atoms with van der Waals surface area (Å²) in [5, 5.41) is 9.49. The van der Waals surface area contributed by atoms with Crippen LogP contribution in [0.15, 0.2) is 22.7 Å². The van der Waals surface area contributed by atoms with Crippen molar-refractivity contribution in [3.63, 3.8) is 0 Å². The monoisotopic (exact) mass is 245 g/mol. The Balaban J connectivity index is 2.61. The average molecular weight is 246 g/mol. The Labute approximate surface area is 85.6 Å². The van der Waals surface area contributed by atoms with Gasteiger partial charge in [-0.1, -0.05) is 6.07 Å². The van der Waals surface area contributed by atoms with Gasteiger partial charge in [0, 0.05) is 0 Å². The number of phenolic OH excluding ortho intramolecular Hbond substituents is 1. The summed E-state index contributed by atoms with van der Waals surface area (Å²) in [5.74, 6) is 0.627. The van der Waals surface area contributed by atoms with E-state index in [0.717, 1.165) is 6.42 Å². The van der Waals surface area contributed by atoms with E-state index >= 15 is 0 Å². The summed E-state index contributed by atoms with van der Waals surface area (Å²) in [6.45, 7) is 1.12. The lowest BCUT2D eigenvalue weighted by molar-refractivity contribution is 0.295. The molecular weight excluding hydrogens is 234 g/mol. The fourth-order valence-corrected chi connectivity index (χ4v) is 1.23. The summed E-state index contributed by atoms with van der Waals surface area (Å²) in [4.78, 5) is 0. The van der Waals surface area contributed by atoms with Crippen LogP contribution in [0, 0.1) is 0 Å². The van der Waals surface area contributed by atoms with Gasteiger partial charge in [0.05, 0.1) is 11.1 Å². The molecule has 0 atom stereocenters. The van der Waals surface area contributed by atoms with Crippen LogP contribution >= 0.6 is 15.9 Å². The van der Waals surface area contributed by atoms with Crippen molar-refractivity contribution in [2.45, 2.75) is 6.42 Å². The molecule has 0 aliphatic rings. The van der Waals surface area contributed by atoms with Crippen molar-refractivity contribution in [3.05, 3.63) is 22.7 Å². The SMILES string of the molecule is NCCCOc1cccc(Br)c1O. The molecule has 0 aliphatic heterocycles. The molecule has 1 rings (SSSR count). The zero-order valence-corrected chi connectivity index (χ0v) is 8.75. The highest BCUT2D eigenvalue weighted by atomic mass is 79.9. The second-order valence-electron chi connectivity index (χ2n) is 2.58. The van der Waals surface area contributed by atoms with Gasteiger partial charge in [0.1, 0.15) is 0 Å². The largest absolute Gasteiger partial charge is 0.503 e. The van der Waals surface area contributed by atoms with E-state index in [1.807, 2.05) is 6.07 Å². The van der Waals surface area contributed by atoms with Crippen LogP contribution in [0.2, 0.25) is 0 Å². The third-order valence-electron chi connectivity index (χ3n) is 1.56. The lowest BCUT2D eigenvalue weighted by Crippen LogP contribution is -2.06. The topological polar surface area (TPSA) is 55.5 Å². The Morgan fingerprint density at radius 3 is 2.92 bits per heavy atom. The number of benzene rings is 1. The van der Waals surface area contributed by atoms with Crippen molar-refractivity contribution >= 4 is 15.9 Å². The van der Waals surface area contributed by atoms with Crippen molar-refractivity contribution < 1.29 is 9.84 Å². The van der Waals surface area contributed by atoms with E-state index in [-0.39, 0.29) is 5.75 Å². The molecule has 0 bridgehead atoms. The van der Waals surface area contributed by atoms with Crippen LogP contribution in [-0.4, -0.2) is 18.3 Å². The molecule has 0 heterocycles. The zero-order chi connectivity index (χ0) is 9.68. The molecule has 0 amide bonds. The predicted octanol–water partition coefficient (Wildman–Crippen LogP) is 1.88. The standard InChI is InChI=1S/C9H12BrNO2/c10-7-3-1-4-8(9(7)12)13-6-2-5-11/h1,3-4,12H,2,5-6,11H2. The van der Waals surface area contributed by atoms with Crippen LogP contribution in [0.5, 0.6) is 11.5 Å². The summed E-state index contributed by atoms with van der Waals surface area (Å²) < 4.78 is 5.93. The van der Waals surface area contributed by atoms with Gasteiger partial charge in [0.2, 0.25) is 0 Å². The second kappa shape index (κ2) is 5.09. The Bertz CT molecular complexity index is 278. The number of hydrogen-bond acceptors (Lipinski definition) is 3. The van der Waals surface area contributed by atoms with Crippen molar-refractivity contribution in [2.24, 2.45) is 5.73 Å². The number of phenols is 1. The van der Waals surface area contributed by atoms with Gasteiger partial charge in [-0.2, -0.15) is 0 Å². The fraction of sp³-hybridized carbons (Fsp3) is 0.333. The van der Waals surface area contributed by atoms with Crippen molar-refractivity contribution in [1.29, 1.82) is 0 Å². The lowest BCUT2D eigenvalue weighted by atomic mass is 10.3. The molecule has 0 radical (unpaired) electrons. The molecule has 72 valence electrons. The van der Waals surface area contributed by atoms with Crippen LogP contribution in [0.1, 0.15) is 6.42 Å². The molecule has 0 saturated heterocycles. The molecule has 13 heavy (non-hydrogen) atoms. The number of hydrogen-bond donors (Lipinski definition) is 2. The number of para-hydroxylation sites is 1. The van der Waals surface area contributed by atoms with E-state index in [0.29, 0.717) is 23.4 Å². The maximum absolute atomic E-state index is 9.49. The van der Waals surface area contributed by atoms with Gasteiger partial charge in [-0.3, -0.25) is 0 Å². The van der Waals surface area contributed by atoms with Gasteiger partial charge in [0.15, 0.2) is 11.5 Å². The van der Waals surface area contributed by atoms with Crippen LogP contribution < -0.4 is 10.5 Å². The molecule has 0 spiro atoms. The smallest absolute Gasteiger partial charge is 0.172 e. The van der Waals surface area contributed by atoms with Gasteiger partial charge >= 0.3 is 0 Å². The number of halogens is 1. The third kappa shape index (κ3) is 2.90. The summed E-state index contributed by atoms with van der Waals surface area (Å²) in [6.07, 6.45) is 0.784. The highest BCUT2D eigenvalue weighted by Crippen LogP contribution is 2.33. The predicted molar refractivity (Wildman–Crippen MR) is 55.0 cm³/mol. The van der Waals surface area contributed by atoms with E-state index in [1.54, 1.807) is 12.1 Å². The van der Waals surface area contributed by atoms with E-state index in [9.17, 15) is 5.11 Å². The summed E-state index contributed by atoms with van der Waals surface area (Å²) in [5.41, 5.74) is 5.31. The first-order valence-corrected chi connectivity index (χ1v) is 4.85. The number of aromatic hydroxyl groups is 1. The highest BCUT2D eigenvalue weighted by molar-refractivity contribution is 9.10. The van der Waals surface area contributed by atoms with E-state index in [1.165, 1.54) is 0 Å². The first kappa shape index (κ1) is 10.3. The fourth-order valence-electron chi connectivity index (χ4n) is 0.877. The van der Waals surface area contributed by atoms with Crippen LogP contribution in [-0.2, 0) is 0 Å². The quantitative estimate of drug-likeness (QED) is 0.797. The molecule has 0 unspecified atom stereocenters. The van der Waals surface area contributed by atoms with Crippen molar-refractivity contribution in [1.82, 2.24) is 0 Å². The molecule has 3 N–H and O–H groups in total. The maximum atomic E-state index is 9.49. The summed E-state index contributed by atoms with van der Waals surface area (Å²) in [7, 11) is 0. The minimum absolute atomic E-state index is 0.138. The molecule has 0 fully saturated rings. The lowest BCUT2D eigenvalue weighted by Gasteiger charge is -2.07. The van der Waals surface area contributed by atoms with Gasteiger partial charge in [-0.15, -0.1) is 0 Å². The summed E-state index contributed by atoms with van der Waals surface area (Å²) in [6, 6.07) is 5.28. The highest BCUT2D eigenvalue weighted by Gasteiger charge is 2.04. The van der Waals surface area contributed by atoms with Crippen molar-refractivity contribution in [3.8, 4) is 11.5 Å². The van der Waals surface area contributed by atoms with Gasteiger partial charge in [0.25, 0.3) is 0 Å². The first-order chi connectivity index (χ1) is 6.25. The maximum Gasteiger partial charge on any atom is 0.172 e. The minimum Gasteiger partial charge on any atom is -0.503 e. The van der Waals surface area contributed by atoms with E-state index < -0.39 is 0 Å². The minimum atomic E-state index is 0.138. The molecule has 0 aromatic heterocycles. The number of nitrogens with two attached hydrogens (primary N) is 1. The van der Waals surface area contributed by atoms with Gasteiger partial charge < -0.3 is 15.6 Å². The summed E-state index contributed by atoms with van der Waals surface area (Å²) >= 11 is 3.20. The molecule has 3 nitrogen and oxygen atoms in total. The molecule has 0 aliphatic carbocycles. The number of ether oxygens (including phenoxy) is 1. The van der Waals surface area contributed by atoms with E-state index in [4.69, 9.17) is 10.5 Å². The molecule has 1 aromatic rings. The third-order valence-corrected chi connectivity index (χ3v) is 2.20. The van der Waals surface area contributed by atoms with Gasteiger partial charge in [-0.25, -0.2) is 0 Å². The van der Waals surface area contributed by atoms with Crippen molar-refractivity contribution in [2.75, 3.05) is 13.2 Å². The Morgan fingerprint density at radius 1 is 1.46 bits per heavy atom. The van der Waals surface area contributed by atoms with Crippen LogP contribution in [0.3, 0.4) is 0 Å². The van der Waals surface area contributed by atoms with Crippen LogP contribution in [0.4, 0.5) is 0 Å². The molecular formula is C9H12BrNO2. The van der Waals surface area contributed by atoms with Gasteiger partial charge in [-0.05, 0) is 41.0 Å². The second-order valence-corrected chi connectivity index (χ2v) is 3.43. The molecule has 4 heteroatoms. The number of rotatable bonds is 4. The molecule has 0 saturated carbocycles. The van der Waals surface area contributed by atoms with Crippen LogP contribution in [0.25, 0.3) is 0 Å². The van der Waals surface area contributed by atoms with E-state index in [2.05, 4.69) is 15.9 Å². The Morgan fingerprint density at radius 2 is 2.23 bits per heavy atom. The Kier molecular flexibility index (Phi) is 4.05. The Hall–Kier alpha value is -0.740. The normalized spacial score (nSPS) is 10.0. The zero-order valence-electron chi connectivity index (χ0n) is 7.16.